The molecule has 0 saturated carbocycles. The van der Waals surface area contributed by atoms with E-state index in [0.29, 0.717) is 10.7 Å². The fourth-order valence-corrected chi connectivity index (χ4v) is 4.20. The lowest BCUT2D eigenvalue weighted by molar-refractivity contribution is -0.115. The Morgan fingerprint density at radius 1 is 1.11 bits per heavy atom. The maximum absolute atomic E-state index is 12.4. The predicted molar refractivity (Wildman–Crippen MR) is 110 cm³/mol. The minimum Gasteiger partial charge on any atom is -0.324 e. The number of para-hydroxylation sites is 2. The van der Waals surface area contributed by atoms with E-state index in [4.69, 9.17) is 11.6 Å². The number of nitrogens with one attached hydrogen (secondary N) is 1. The van der Waals surface area contributed by atoms with Crippen molar-refractivity contribution in [1.29, 1.82) is 0 Å². The zero-order valence-electron chi connectivity index (χ0n) is 15.5. The van der Waals surface area contributed by atoms with Gasteiger partial charge in [-0.2, -0.15) is 5.10 Å². The highest BCUT2D eigenvalue weighted by molar-refractivity contribution is 7.91. The first-order chi connectivity index (χ1) is 13.3. The number of amides is 1. The molecule has 0 bridgehead atoms. The van der Waals surface area contributed by atoms with Crippen LogP contribution in [0.1, 0.15) is 17.8 Å². The molecule has 3 rings (SSSR count). The zero-order chi connectivity index (χ0) is 20.3. The van der Waals surface area contributed by atoms with Gasteiger partial charge in [0.05, 0.1) is 27.7 Å². The van der Waals surface area contributed by atoms with Crippen LogP contribution >= 0.6 is 11.6 Å². The van der Waals surface area contributed by atoms with Gasteiger partial charge in [0.25, 0.3) is 0 Å². The van der Waals surface area contributed by atoms with Gasteiger partial charge in [0.1, 0.15) is 0 Å². The molecule has 0 saturated heterocycles. The second kappa shape index (κ2) is 8.16. The Balaban J connectivity index is 1.72. The van der Waals surface area contributed by atoms with E-state index in [1.165, 1.54) is 24.3 Å². The Hall–Kier alpha value is -2.64. The van der Waals surface area contributed by atoms with Crippen molar-refractivity contribution in [1.82, 2.24) is 9.78 Å². The Bertz CT molecular complexity index is 1110. The van der Waals surface area contributed by atoms with E-state index in [1.54, 1.807) is 16.8 Å². The Labute approximate surface area is 169 Å². The number of anilines is 1. The monoisotopic (exact) mass is 417 g/mol. The zero-order valence-corrected chi connectivity index (χ0v) is 17.1. The number of hydrogen-bond acceptors (Lipinski definition) is 4. The summed E-state index contributed by atoms with van der Waals surface area (Å²) in [5.74, 6) is -0.672. The molecule has 1 aromatic heterocycles. The fourth-order valence-electron chi connectivity index (χ4n) is 2.84. The molecule has 8 heteroatoms. The molecule has 0 fully saturated rings. The van der Waals surface area contributed by atoms with Gasteiger partial charge in [-0.25, -0.2) is 13.1 Å². The number of hydrogen-bond donors (Lipinski definition) is 1. The minimum absolute atomic E-state index is 0.146. The molecular formula is C20H20ClN3O3S. The first kappa shape index (κ1) is 20.1. The smallest absolute Gasteiger partial charge is 0.225 e. The summed E-state index contributed by atoms with van der Waals surface area (Å²) in [5.41, 5.74) is 3.10. The molecule has 6 nitrogen and oxygen atoms in total. The van der Waals surface area contributed by atoms with E-state index in [9.17, 15) is 13.2 Å². The molecule has 1 heterocycles. The van der Waals surface area contributed by atoms with Gasteiger partial charge in [0, 0.05) is 17.1 Å². The summed E-state index contributed by atoms with van der Waals surface area (Å²) in [6, 6.07) is 15.1. The van der Waals surface area contributed by atoms with Gasteiger partial charge < -0.3 is 5.32 Å². The molecule has 146 valence electrons. The molecule has 0 aliphatic carbocycles. The second-order valence-corrected chi connectivity index (χ2v) is 8.97. The molecule has 0 spiro atoms. The molecular weight excluding hydrogens is 398 g/mol. The highest BCUT2D eigenvalue weighted by Crippen LogP contribution is 2.22. The number of carbonyl (C=O) groups excluding carboxylic acids is 1. The van der Waals surface area contributed by atoms with E-state index in [-0.39, 0.29) is 23.0 Å². The summed E-state index contributed by atoms with van der Waals surface area (Å²) in [7, 11) is -3.57. The van der Waals surface area contributed by atoms with Gasteiger partial charge in [-0.05, 0) is 56.3 Å². The fraction of sp³-hybridized carbons (Fsp3) is 0.200. The van der Waals surface area contributed by atoms with Crippen LogP contribution in [0.3, 0.4) is 0 Å². The number of halogens is 1. The molecule has 28 heavy (non-hydrogen) atoms. The molecule has 0 unspecified atom stereocenters. The SMILES string of the molecule is Cc1cc(C)n(-c2ccccc2NC(=O)CCS(=O)(=O)c2ccc(Cl)cc2)n1. The topological polar surface area (TPSA) is 81.1 Å². The lowest BCUT2D eigenvalue weighted by Crippen LogP contribution is -2.18. The van der Waals surface area contributed by atoms with Crippen LogP contribution in [0.25, 0.3) is 5.69 Å². The van der Waals surface area contributed by atoms with E-state index >= 15 is 0 Å². The third-order valence-electron chi connectivity index (χ3n) is 4.19. The molecule has 0 aliphatic heterocycles. The Kier molecular flexibility index (Phi) is 5.86. The number of carbonyl (C=O) groups is 1. The van der Waals surface area contributed by atoms with Gasteiger partial charge in [0.2, 0.25) is 5.91 Å². The maximum atomic E-state index is 12.4. The first-order valence-corrected chi connectivity index (χ1v) is 10.7. The maximum Gasteiger partial charge on any atom is 0.225 e. The van der Waals surface area contributed by atoms with Crippen LogP contribution in [0.4, 0.5) is 5.69 Å². The molecule has 1 N–H and O–H groups in total. The standard InChI is InChI=1S/C20H20ClN3O3S/c1-14-13-15(2)24(23-14)19-6-4-3-5-18(19)22-20(25)11-12-28(26,27)17-9-7-16(21)8-10-17/h3-10,13H,11-12H2,1-2H3,(H,22,25). The predicted octanol–water partition coefficient (Wildman–Crippen LogP) is 3.95. The lowest BCUT2D eigenvalue weighted by atomic mass is 10.2. The van der Waals surface area contributed by atoms with Crippen molar-refractivity contribution in [3.8, 4) is 5.69 Å². The normalized spacial score (nSPS) is 11.4. The third kappa shape index (κ3) is 4.61. The number of sulfone groups is 1. The molecule has 1 amide bonds. The van der Waals surface area contributed by atoms with Crippen molar-refractivity contribution < 1.29 is 13.2 Å². The molecule has 3 aromatic rings. The van der Waals surface area contributed by atoms with Crippen LogP contribution in [0, 0.1) is 13.8 Å². The van der Waals surface area contributed by atoms with Crippen LogP contribution in [0.15, 0.2) is 59.5 Å². The largest absolute Gasteiger partial charge is 0.324 e. The summed E-state index contributed by atoms with van der Waals surface area (Å²) in [6.07, 6.45) is -0.156. The van der Waals surface area contributed by atoms with Crippen molar-refractivity contribution in [3.05, 3.63) is 71.0 Å². The number of benzene rings is 2. The van der Waals surface area contributed by atoms with Crippen molar-refractivity contribution in [3.63, 3.8) is 0 Å². The third-order valence-corrected chi connectivity index (χ3v) is 6.17. The summed E-state index contributed by atoms with van der Waals surface area (Å²) < 4.78 is 26.5. The highest BCUT2D eigenvalue weighted by Gasteiger charge is 2.17. The first-order valence-electron chi connectivity index (χ1n) is 8.67. The van der Waals surface area contributed by atoms with Gasteiger partial charge in [-0.1, -0.05) is 23.7 Å². The quantitative estimate of drug-likeness (QED) is 0.658. The molecule has 0 aliphatic rings. The molecule has 2 aromatic carbocycles. The number of rotatable bonds is 6. The Morgan fingerprint density at radius 3 is 2.43 bits per heavy atom. The van der Waals surface area contributed by atoms with Gasteiger partial charge in [0.15, 0.2) is 9.84 Å². The Morgan fingerprint density at radius 2 is 1.79 bits per heavy atom. The van der Waals surface area contributed by atoms with Crippen LogP contribution in [0.5, 0.6) is 0 Å². The average Bonchev–Trinajstić information content (AvgIpc) is 2.99. The van der Waals surface area contributed by atoms with E-state index in [2.05, 4.69) is 10.4 Å². The molecule has 0 atom stereocenters. The van der Waals surface area contributed by atoms with Gasteiger partial charge in [-0.15, -0.1) is 0 Å². The summed E-state index contributed by atoms with van der Waals surface area (Å²) in [4.78, 5) is 12.5. The minimum atomic E-state index is -3.57. The van der Waals surface area contributed by atoms with Crippen molar-refractivity contribution in [2.24, 2.45) is 0 Å². The van der Waals surface area contributed by atoms with Gasteiger partial charge in [-0.3, -0.25) is 4.79 Å². The van der Waals surface area contributed by atoms with E-state index in [1.807, 2.05) is 32.0 Å². The van der Waals surface area contributed by atoms with Crippen LogP contribution in [-0.2, 0) is 14.6 Å². The summed E-state index contributed by atoms with van der Waals surface area (Å²) in [5, 5.41) is 7.69. The summed E-state index contributed by atoms with van der Waals surface area (Å²) >= 11 is 5.79. The second-order valence-electron chi connectivity index (χ2n) is 6.43. The summed E-state index contributed by atoms with van der Waals surface area (Å²) in [6.45, 7) is 3.82. The van der Waals surface area contributed by atoms with Crippen molar-refractivity contribution >= 4 is 33.0 Å². The van der Waals surface area contributed by atoms with Crippen molar-refractivity contribution in [2.75, 3.05) is 11.1 Å². The highest BCUT2D eigenvalue weighted by atomic mass is 35.5. The van der Waals surface area contributed by atoms with Crippen LogP contribution < -0.4 is 5.32 Å². The van der Waals surface area contributed by atoms with Crippen LogP contribution in [0.2, 0.25) is 5.02 Å². The number of nitrogens with zero attached hydrogens (tertiary/aromatic N) is 2. The average molecular weight is 418 g/mol. The van der Waals surface area contributed by atoms with E-state index < -0.39 is 9.84 Å². The number of aryl methyl sites for hydroxylation is 2. The lowest BCUT2D eigenvalue weighted by Gasteiger charge is -2.12. The molecule has 0 radical (unpaired) electrons. The number of aromatic nitrogens is 2. The van der Waals surface area contributed by atoms with Crippen molar-refractivity contribution in [2.45, 2.75) is 25.2 Å². The van der Waals surface area contributed by atoms with E-state index in [0.717, 1.165) is 17.1 Å². The van der Waals surface area contributed by atoms with Crippen LogP contribution in [-0.4, -0.2) is 29.9 Å². The van der Waals surface area contributed by atoms with Gasteiger partial charge >= 0.3 is 0 Å².